The molecule has 0 rings (SSSR count). The lowest BCUT2D eigenvalue weighted by Crippen LogP contribution is -2.46. The Kier molecular flexibility index (Phi) is 42.7. The molecule has 0 fully saturated rings. The third-order valence-electron chi connectivity index (χ3n) is 10.7. The van der Waals surface area contributed by atoms with Crippen LogP contribution in [-0.2, 0) is 14.3 Å². The van der Waals surface area contributed by atoms with Gasteiger partial charge in [-0.25, -0.2) is 0 Å². The number of amides is 1. The maximum Gasteiger partial charge on any atom is 0.306 e. The van der Waals surface area contributed by atoms with Gasteiger partial charge in [-0.05, 0) is 38.5 Å². The van der Waals surface area contributed by atoms with Crippen LogP contribution >= 0.6 is 0 Å². The molecule has 3 unspecified atom stereocenters. The molecule has 0 aliphatic heterocycles. The molecule has 3 N–H and O–H groups in total. The van der Waals surface area contributed by atoms with E-state index < -0.39 is 18.2 Å². The summed E-state index contributed by atoms with van der Waals surface area (Å²) in [6, 6.07) is -0.714. The van der Waals surface area contributed by atoms with E-state index in [-0.39, 0.29) is 24.9 Å². The number of aliphatic hydroxyl groups is 2. The molecule has 0 aromatic rings. The van der Waals surface area contributed by atoms with Gasteiger partial charge in [-0.2, -0.15) is 0 Å². The van der Waals surface area contributed by atoms with Crippen molar-refractivity contribution in [1.29, 1.82) is 0 Å². The minimum Gasteiger partial charge on any atom is -0.462 e. The van der Waals surface area contributed by atoms with Gasteiger partial charge >= 0.3 is 5.97 Å². The predicted octanol–water partition coefficient (Wildman–Crippen LogP) is 14.1. The lowest BCUT2D eigenvalue weighted by molar-refractivity contribution is -0.151. The van der Waals surface area contributed by atoms with Crippen LogP contribution in [0, 0.1) is 0 Å². The van der Waals surface area contributed by atoms with Crippen molar-refractivity contribution in [2.75, 3.05) is 6.61 Å². The van der Waals surface area contributed by atoms with Crippen molar-refractivity contribution in [2.45, 2.75) is 244 Å². The Hall–Kier alpha value is -2.44. The van der Waals surface area contributed by atoms with Crippen molar-refractivity contribution in [3.63, 3.8) is 0 Å². The van der Waals surface area contributed by atoms with Gasteiger partial charge in [0.15, 0.2) is 0 Å². The van der Waals surface area contributed by atoms with E-state index >= 15 is 0 Å². The van der Waals surface area contributed by atoms with E-state index in [9.17, 15) is 19.8 Å². The first-order valence-corrected chi connectivity index (χ1v) is 24.1. The van der Waals surface area contributed by atoms with Crippen molar-refractivity contribution < 1.29 is 24.5 Å². The minimum atomic E-state index is -0.798. The van der Waals surface area contributed by atoms with Gasteiger partial charge in [-0.1, -0.05) is 236 Å². The van der Waals surface area contributed by atoms with Crippen LogP contribution in [0.4, 0.5) is 0 Å². The van der Waals surface area contributed by atoms with Crippen LogP contribution in [0.3, 0.4) is 0 Å². The van der Waals surface area contributed by atoms with Gasteiger partial charge in [0.05, 0.1) is 25.2 Å². The van der Waals surface area contributed by atoms with E-state index in [1.807, 2.05) is 54.7 Å². The highest BCUT2D eigenvalue weighted by Gasteiger charge is 2.24. The Bertz CT molecular complexity index is 1030. The van der Waals surface area contributed by atoms with Crippen LogP contribution in [-0.4, -0.2) is 46.9 Å². The molecule has 0 saturated carbocycles. The van der Waals surface area contributed by atoms with Gasteiger partial charge < -0.3 is 20.3 Å². The molecule has 0 aromatic carbocycles. The molecule has 0 aliphatic carbocycles. The van der Waals surface area contributed by atoms with Crippen molar-refractivity contribution in [2.24, 2.45) is 0 Å². The third-order valence-corrected chi connectivity index (χ3v) is 10.7. The number of unbranched alkanes of at least 4 members (excludes halogenated alkanes) is 24. The molecule has 0 saturated heterocycles. The molecular weight excluding hydrogens is 707 g/mol. The number of aliphatic hydroxyl groups excluding tert-OH is 2. The van der Waals surface area contributed by atoms with Crippen LogP contribution in [0.2, 0.25) is 0 Å². The summed E-state index contributed by atoms with van der Waals surface area (Å²) in [5.41, 5.74) is 0. The summed E-state index contributed by atoms with van der Waals surface area (Å²) >= 11 is 0. The largest absolute Gasteiger partial charge is 0.462 e. The van der Waals surface area contributed by atoms with Crippen LogP contribution in [0.25, 0.3) is 0 Å². The number of allylic oxidation sites excluding steroid dienone is 10. The highest BCUT2D eigenvalue weighted by atomic mass is 16.5. The average molecular weight is 798 g/mol. The molecule has 3 atom stereocenters. The molecule has 57 heavy (non-hydrogen) atoms. The van der Waals surface area contributed by atoms with E-state index in [1.165, 1.54) is 122 Å². The minimum absolute atomic E-state index is 0.0495. The maximum atomic E-state index is 13.1. The van der Waals surface area contributed by atoms with Gasteiger partial charge in [0.25, 0.3) is 0 Å². The van der Waals surface area contributed by atoms with Crippen LogP contribution in [0.5, 0.6) is 0 Å². The Labute approximate surface area is 352 Å². The molecule has 0 aliphatic rings. The average Bonchev–Trinajstić information content (AvgIpc) is 3.20. The fourth-order valence-electron chi connectivity index (χ4n) is 7.11. The molecular formula is C51H91NO5. The quantitative estimate of drug-likeness (QED) is 0.0325. The van der Waals surface area contributed by atoms with E-state index in [0.717, 1.165) is 51.4 Å². The summed E-state index contributed by atoms with van der Waals surface area (Å²) in [6.45, 7) is 6.31. The topological polar surface area (TPSA) is 95.9 Å². The normalized spacial score (nSPS) is 13.8. The standard InChI is InChI=1S/C51H91NO5/c1-4-7-10-13-16-19-22-24-26-28-31-34-37-40-43-49(54)48(46-53)52-50(55)45-47(42-39-36-33-30-27-21-18-15-12-9-6-3)57-51(56)44-41-38-35-32-29-25-23-20-17-14-11-8-5-2/h8,11,14,17,20,23,25,29,32,35,47-49,53-54H,4-7,9-10,12-13,15-16,18-19,21-22,24,26-28,30-31,33-34,36-46H2,1-3H3,(H,52,55)/b11-8+,17-14+,23-20-,29-25-,35-32+. The van der Waals surface area contributed by atoms with Crippen molar-refractivity contribution in [3.8, 4) is 0 Å². The van der Waals surface area contributed by atoms with Crippen molar-refractivity contribution in [3.05, 3.63) is 60.8 Å². The zero-order valence-corrected chi connectivity index (χ0v) is 37.5. The molecule has 0 aromatic heterocycles. The maximum absolute atomic E-state index is 13.1. The Morgan fingerprint density at radius 2 is 0.930 bits per heavy atom. The second-order valence-corrected chi connectivity index (χ2v) is 16.3. The molecule has 6 nitrogen and oxygen atoms in total. The van der Waals surface area contributed by atoms with E-state index in [1.54, 1.807) is 0 Å². The van der Waals surface area contributed by atoms with Crippen LogP contribution in [0.1, 0.15) is 226 Å². The molecule has 330 valence electrons. The number of ether oxygens (including phenoxy) is 1. The number of esters is 1. The molecule has 6 heteroatoms. The zero-order chi connectivity index (χ0) is 41.7. The first kappa shape index (κ1) is 54.6. The van der Waals surface area contributed by atoms with E-state index in [2.05, 4.69) is 32.2 Å². The number of nitrogens with one attached hydrogen (secondary N) is 1. The monoisotopic (exact) mass is 798 g/mol. The highest BCUT2D eigenvalue weighted by molar-refractivity contribution is 5.77. The summed E-state index contributed by atoms with van der Waals surface area (Å²) in [4.78, 5) is 26.0. The van der Waals surface area contributed by atoms with Gasteiger partial charge in [-0.3, -0.25) is 9.59 Å². The Morgan fingerprint density at radius 3 is 1.37 bits per heavy atom. The number of hydrogen-bond acceptors (Lipinski definition) is 5. The van der Waals surface area contributed by atoms with Gasteiger partial charge in [0.2, 0.25) is 5.91 Å². The van der Waals surface area contributed by atoms with Crippen molar-refractivity contribution >= 4 is 11.9 Å². The molecule has 0 spiro atoms. The van der Waals surface area contributed by atoms with Gasteiger partial charge in [0, 0.05) is 6.42 Å². The molecule has 1 amide bonds. The summed E-state index contributed by atoms with van der Waals surface area (Å²) in [6.07, 6.45) is 54.2. The molecule has 0 radical (unpaired) electrons. The Balaban J connectivity index is 4.64. The number of carbonyl (C=O) groups excluding carboxylic acids is 2. The Morgan fingerprint density at radius 1 is 0.526 bits per heavy atom. The number of carbonyl (C=O) groups is 2. The lowest BCUT2D eigenvalue weighted by atomic mass is 10.0. The second-order valence-electron chi connectivity index (χ2n) is 16.3. The summed E-state index contributed by atoms with van der Waals surface area (Å²) in [5.74, 6) is -0.560. The first-order chi connectivity index (χ1) is 28.0. The third kappa shape index (κ3) is 40.1. The summed E-state index contributed by atoms with van der Waals surface area (Å²) < 4.78 is 5.87. The van der Waals surface area contributed by atoms with Crippen LogP contribution in [0.15, 0.2) is 60.8 Å². The van der Waals surface area contributed by atoms with Gasteiger partial charge in [-0.15, -0.1) is 0 Å². The van der Waals surface area contributed by atoms with Crippen molar-refractivity contribution in [1.82, 2.24) is 5.32 Å². The van der Waals surface area contributed by atoms with E-state index in [0.29, 0.717) is 25.7 Å². The summed E-state index contributed by atoms with van der Waals surface area (Å²) in [7, 11) is 0. The smallest absolute Gasteiger partial charge is 0.306 e. The fourth-order valence-corrected chi connectivity index (χ4v) is 7.11. The summed E-state index contributed by atoms with van der Waals surface area (Å²) in [5, 5.41) is 23.7. The zero-order valence-electron chi connectivity index (χ0n) is 37.5. The second kappa shape index (κ2) is 44.7. The molecule has 0 bridgehead atoms. The predicted molar refractivity (Wildman–Crippen MR) is 245 cm³/mol. The number of hydrogen-bond donors (Lipinski definition) is 3. The van der Waals surface area contributed by atoms with Gasteiger partial charge in [0.1, 0.15) is 6.10 Å². The highest BCUT2D eigenvalue weighted by Crippen LogP contribution is 2.18. The van der Waals surface area contributed by atoms with E-state index in [4.69, 9.17) is 4.74 Å². The molecule has 0 heterocycles. The SMILES string of the molecule is CC/C=C/C=C/C=C\C=C/C=C/CCCC(=O)OC(CCCCCCCCCCCCC)CC(=O)NC(CO)C(O)CCCCCCCCCCCCCCCC. The fraction of sp³-hybridized carbons (Fsp3) is 0.765. The lowest BCUT2D eigenvalue weighted by Gasteiger charge is -2.24. The first-order valence-electron chi connectivity index (χ1n) is 24.1. The number of rotatable bonds is 42. The van der Waals surface area contributed by atoms with Crippen LogP contribution < -0.4 is 5.32 Å².